The van der Waals surface area contributed by atoms with Crippen molar-refractivity contribution in [1.29, 1.82) is 0 Å². The van der Waals surface area contributed by atoms with Crippen LogP contribution in [0.25, 0.3) is 0 Å². The third kappa shape index (κ3) is 5.43. The lowest BCUT2D eigenvalue weighted by Crippen LogP contribution is -2.55. The number of nitrogens with one attached hydrogen (secondary N) is 1. The first kappa shape index (κ1) is 25.6. The molecule has 0 aromatic carbocycles. The Morgan fingerprint density at radius 3 is 2.72 bits per heavy atom. The standard InChI is InChI=1S/C24H34N4O7S/c1-14(29)27-11-16-10-26(4-5-34-16)24(33)18-7-15(9-28(18)12-17-3-2-6-36-17)25-21(30)8-19-22(31)23(32)20(13-27)35-19/h2-3,6,15-16,18-20,22-23,31-32H,4-5,7-13H2,1H3,(H,25,30)/t15-,16-,18-,19-,20+,22-,23+/m0/s1. The molecule has 1 aromatic rings. The highest BCUT2D eigenvalue weighted by atomic mass is 32.1. The minimum Gasteiger partial charge on any atom is -0.388 e. The number of ether oxygens (including phenoxy) is 2. The molecule has 6 bridgehead atoms. The van der Waals surface area contributed by atoms with Crippen molar-refractivity contribution in [2.45, 2.75) is 68.9 Å². The molecule has 5 heterocycles. The molecular weight excluding hydrogens is 488 g/mol. The normalized spacial score (nSPS) is 36.2. The van der Waals surface area contributed by atoms with Gasteiger partial charge >= 0.3 is 0 Å². The Balaban J connectivity index is 1.40. The quantitative estimate of drug-likeness (QED) is 0.440. The van der Waals surface area contributed by atoms with Crippen molar-refractivity contribution in [2.75, 3.05) is 39.3 Å². The number of fused-ring (bicyclic) bond motifs is 6. The summed E-state index contributed by atoms with van der Waals surface area (Å²) >= 11 is 1.63. The first-order valence-electron chi connectivity index (χ1n) is 12.5. The average Bonchev–Trinajstić information content (AvgIpc) is 3.56. The molecule has 4 aliphatic rings. The summed E-state index contributed by atoms with van der Waals surface area (Å²) < 4.78 is 11.8. The number of hydrogen-bond acceptors (Lipinski definition) is 9. The number of carbonyl (C=O) groups excluding carboxylic acids is 3. The van der Waals surface area contributed by atoms with E-state index in [0.717, 1.165) is 4.88 Å². The molecule has 0 unspecified atom stereocenters. The zero-order chi connectivity index (χ0) is 25.4. The van der Waals surface area contributed by atoms with Gasteiger partial charge in [0.25, 0.3) is 0 Å². The van der Waals surface area contributed by atoms with Gasteiger partial charge in [0.2, 0.25) is 17.7 Å². The van der Waals surface area contributed by atoms with Crippen LogP contribution in [0.15, 0.2) is 17.5 Å². The van der Waals surface area contributed by atoms with Gasteiger partial charge in [-0.1, -0.05) is 6.07 Å². The molecule has 7 atom stereocenters. The largest absolute Gasteiger partial charge is 0.388 e. The van der Waals surface area contributed by atoms with Crippen molar-refractivity contribution >= 4 is 29.1 Å². The number of thiophene rings is 1. The van der Waals surface area contributed by atoms with Crippen LogP contribution in [0.4, 0.5) is 0 Å². The van der Waals surface area contributed by atoms with E-state index in [0.29, 0.717) is 39.2 Å². The van der Waals surface area contributed by atoms with Gasteiger partial charge in [-0.05, 0) is 17.9 Å². The van der Waals surface area contributed by atoms with Crippen LogP contribution in [0.2, 0.25) is 0 Å². The van der Waals surface area contributed by atoms with Crippen molar-refractivity contribution in [1.82, 2.24) is 20.0 Å². The Kier molecular flexibility index (Phi) is 7.61. The van der Waals surface area contributed by atoms with Gasteiger partial charge < -0.3 is 34.8 Å². The highest BCUT2D eigenvalue weighted by Crippen LogP contribution is 2.28. The molecule has 36 heavy (non-hydrogen) atoms. The van der Waals surface area contributed by atoms with E-state index in [1.165, 1.54) is 11.8 Å². The second kappa shape index (κ2) is 10.7. The van der Waals surface area contributed by atoms with Gasteiger partial charge in [0.15, 0.2) is 0 Å². The Labute approximate surface area is 213 Å². The fourth-order valence-electron chi connectivity index (χ4n) is 5.69. The van der Waals surface area contributed by atoms with E-state index in [9.17, 15) is 24.6 Å². The van der Waals surface area contributed by atoms with Gasteiger partial charge in [0.05, 0.1) is 31.3 Å². The van der Waals surface area contributed by atoms with Gasteiger partial charge in [0.1, 0.15) is 18.3 Å². The van der Waals surface area contributed by atoms with E-state index in [2.05, 4.69) is 10.2 Å². The SMILES string of the molecule is CC(=O)N1C[C@@H]2CN(CCO2)C(=O)[C@@H]2C[C@@H](CN2Cc2cccs2)NC(=O)C[C@@H]2O[C@H](C1)[C@@H](O)[C@H]2O. The van der Waals surface area contributed by atoms with Gasteiger partial charge in [0, 0.05) is 57.1 Å². The average molecular weight is 523 g/mol. The van der Waals surface area contributed by atoms with Crippen molar-refractivity contribution in [3.8, 4) is 0 Å². The predicted octanol–water partition coefficient (Wildman–Crippen LogP) is -1.22. The predicted molar refractivity (Wildman–Crippen MR) is 129 cm³/mol. The van der Waals surface area contributed by atoms with Crippen LogP contribution in [-0.4, -0.2) is 125 Å². The summed E-state index contributed by atoms with van der Waals surface area (Å²) in [6.07, 6.45) is -4.17. The van der Waals surface area contributed by atoms with E-state index in [-0.39, 0.29) is 55.4 Å². The molecule has 0 spiro atoms. The number of morpholine rings is 1. The Bertz CT molecular complexity index is 962. The molecule has 4 fully saturated rings. The molecule has 3 N–H and O–H groups in total. The number of nitrogens with zero attached hydrogens (tertiary/aromatic N) is 3. The van der Waals surface area contributed by atoms with Crippen LogP contribution >= 0.6 is 11.3 Å². The summed E-state index contributed by atoms with van der Waals surface area (Å²) in [6.45, 7) is 4.04. The molecule has 0 saturated carbocycles. The number of hydrogen-bond donors (Lipinski definition) is 3. The molecule has 5 rings (SSSR count). The fraction of sp³-hybridized carbons (Fsp3) is 0.708. The van der Waals surface area contributed by atoms with Gasteiger partial charge in [-0.3, -0.25) is 19.3 Å². The maximum absolute atomic E-state index is 13.7. The molecular formula is C24H34N4O7S. The summed E-state index contributed by atoms with van der Waals surface area (Å²) in [6, 6.07) is 3.42. The molecule has 4 saturated heterocycles. The van der Waals surface area contributed by atoms with Crippen LogP contribution in [0, 0.1) is 0 Å². The number of aliphatic hydroxyl groups excluding tert-OH is 2. The Morgan fingerprint density at radius 2 is 1.97 bits per heavy atom. The van der Waals surface area contributed by atoms with Gasteiger partial charge in [-0.2, -0.15) is 0 Å². The monoisotopic (exact) mass is 522 g/mol. The molecule has 0 aliphatic carbocycles. The maximum Gasteiger partial charge on any atom is 0.240 e. The summed E-state index contributed by atoms with van der Waals surface area (Å²) in [5, 5.41) is 26.1. The van der Waals surface area contributed by atoms with Crippen LogP contribution < -0.4 is 5.32 Å². The second-order valence-electron chi connectivity index (χ2n) is 10.1. The first-order valence-corrected chi connectivity index (χ1v) is 13.4. The van der Waals surface area contributed by atoms with Crippen LogP contribution in [0.5, 0.6) is 0 Å². The van der Waals surface area contributed by atoms with Gasteiger partial charge in [-0.25, -0.2) is 0 Å². The summed E-state index contributed by atoms with van der Waals surface area (Å²) in [4.78, 5) is 45.5. The zero-order valence-electron chi connectivity index (χ0n) is 20.3. The van der Waals surface area contributed by atoms with E-state index in [1.54, 1.807) is 16.2 Å². The third-order valence-electron chi connectivity index (χ3n) is 7.56. The number of rotatable bonds is 2. The van der Waals surface area contributed by atoms with Crippen LogP contribution in [0.3, 0.4) is 0 Å². The van der Waals surface area contributed by atoms with E-state index < -0.39 is 24.4 Å². The smallest absolute Gasteiger partial charge is 0.240 e. The number of amides is 3. The second-order valence-corrected chi connectivity index (χ2v) is 11.2. The Hall–Kier alpha value is -2.09. The van der Waals surface area contributed by atoms with E-state index in [1.807, 2.05) is 17.5 Å². The summed E-state index contributed by atoms with van der Waals surface area (Å²) in [5.74, 6) is -0.522. The molecule has 12 heteroatoms. The number of carbonyl (C=O) groups is 3. The molecule has 0 radical (unpaired) electrons. The summed E-state index contributed by atoms with van der Waals surface area (Å²) in [7, 11) is 0. The van der Waals surface area contributed by atoms with Crippen molar-refractivity contribution in [3.05, 3.63) is 22.4 Å². The lowest BCUT2D eigenvalue weighted by molar-refractivity contribution is -0.146. The Morgan fingerprint density at radius 1 is 1.17 bits per heavy atom. The van der Waals surface area contributed by atoms with Gasteiger partial charge in [-0.15, -0.1) is 11.3 Å². The highest BCUT2D eigenvalue weighted by molar-refractivity contribution is 7.09. The highest BCUT2D eigenvalue weighted by Gasteiger charge is 2.46. The molecule has 1 aromatic heterocycles. The van der Waals surface area contributed by atoms with E-state index >= 15 is 0 Å². The zero-order valence-corrected chi connectivity index (χ0v) is 21.1. The lowest BCUT2D eigenvalue weighted by Gasteiger charge is -2.38. The third-order valence-corrected chi connectivity index (χ3v) is 8.42. The molecule has 198 valence electrons. The summed E-state index contributed by atoms with van der Waals surface area (Å²) in [5.41, 5.74) is 0. The first-order chi connectivity index (χ1) is 17.3. The number of likely N-dealkylation sites (tertiary alicyclic amines) is 1. The fourth-order valence-corrected chi connectivity index (χ4v) is 6.42. The topological polar surface area (TPSA) is 132 Å². The van der Waals surface area contributed by atoms with Crippen molar-refractivity contribution < 1.29 is 34.1 Å². The minimum atomic E-state index is -1.24. The molecule has 3 amide bonds. The lowest BCUT2D eigenvalue weighted by atomic mass is 10.0. The van der Waals surface area contributed by atoms with Crippen LogP contribution in [-0.2, 0) is 30.4 Å². The van der Waals surface area contributed by atoms with Crippen molar-refractivity contribution in [3.63, 3.8) is 0 Å². The number of aliphatic hydroxyl groups is 2. The minimum absolute atomic E-state index is 0.00678. The van der Waals surface area contributed by atoms with Crippen molar-refractivity contribution in [2.24, 2.45) is 0 Å². The van der Waals surface area contributed by atoms with E-state index in [4.69, 9.17) is 9.47 Å². The maximum atomic E-state index is 13.7. The molecule has 11 nitrogen and oxygen atoms in total. The molecule has 4 aliphatic heterocycles. The van der Waals surface area contributed by atoms with Crippen LogP contribution in [0.1, 0.15) is 24.6 Å².